The van der Waals surface area contributed by atoms with Gasteiger partial charge in [-0.15, -0.1) is 0 Å². The number of likely N-dealkylation sites (tertiary alicyclic amines) is 1. The highest BCUT2D eigenvalue weighted by atomic mass is 35.5. The number of benzene rings is 1. The Morgan fingerprint density at radius 3 is 2.59 bits per heavy atom. The Morgan fingerprint density at radius 2 is 1.91 bits per heavy atom. The fourth-order valence-electron chi connectivity index (χ4n) is 3.87. The summed E-state index contributed by atoms with van der Waals surface area (Å²) in [6.45, 7) is 3.55. The van der Waals surface area contributed by atoms with Crippen LogP contribution in [0.3, 0.4) is 0 Å². The van der Waals surface area contributed by atoms with Crippen molar-refractivity contribution < 1.29 is 14.0 Å². The molecule has 4 rings (SSSR count). The average Bonchev–Trinajstić information content (AvgIpc) is 3.21. The third kappa shape index (κ3) is 5.10. The third-order valence-electron chi connectivity index (χ3n) is 5.67. The van der Waals surface area contributed by atoms with Crippen molar-refractivity contribution in [2.75, 3.05) is 18.4 Å². The molecule has 1 aliphatic rings. The molecule has 174 valence electrons. The lowest BCUT2D eigenvalue weighted by Gasteiger charge is -2.34. The molecule has 1 aliphatic heterocycles. The summed E-state index contributed by atoms with van der Waals surface area (Å²) in [6.07, 6.45) is 1.85. The fourth-order valence-corrected chi connectivity index (χ4v) is 4.08. The second-order valence-electron chi connectivity index (χ2n) is 8.08. The molecule has 2 atom stereocenters. The number of hydrogen-bond acceptors (Lipinski definition) is 4. The van der Waals surface area contributed by atoms with Crippen molar-refractivity contribution in [2.45, 2.75) is 32.5 Å². The summed E-state index contributed by atoms with van der Waals surface area (Å²) in [5, 5.41) is 7.01. The third-order valence-corrected chi connectivity index (χ3v) is 5.94. The van der Waals surface area contributed by atoms with Gasteiger partial charge in [-0.25, -0.2) is 9.37 Å². The first-order chi connectivity index (χ1) is 16.3. The molecule has 2 amide bonds. The summed E-state index contributed by atoms with van der Waals surface area (Å²) < 4.78 is 16.2. The molecule has 2 aromatic heterocycles. The molecular formula is C25H23ClFN5O2. The van der Waals surface area contributed by atoms with E-state index in [9.17, 15) is 14.0 Å². The normalized spacial score (nSPS) is 17.6. The van der Waals surface area contributed by atoms with Gasteiger partial charge in [-0.2, -0.15) is 5.10 Å². The van der Waals surface area contributed by atoms with Crippen LogP contribution in [0.1, 0.15) is 46.6 Å². The fraction of sp³-hybridized carbons (Fsp3) is 0.280. The Kier molecular flexibility index (Phi) is 6.94. The minimum absolute atomic E-state index is 0.0509. The Labute approximate surface area is 201 Å². The summed E-state index contributed by atoms with van der Waals surface area (Å²) in [5.74, 6) is 5.75. The van der Waals surface area contributed by atoms with Crippen molar-refractivity contribution in [1.82, 2.24) is 19.7 Å². The van der Waals surface area contributed by atoms with Crippen LogP contribution in [-0.2, 0) is 4.79 Å². The molecule has 1 saturated heterocycles. The van der Waals surface area contributed by atoms with E-state index in [2.05, 4.69) is 27.2 Å². The van der Waals surface area contributed by atoms with Gasteiger partial charge in [-0.3, -0.25) is 14.3 Å². The Bertz CT molecular complexity index is 1280. The van der Waals surface area contributed by atoms with Gasteiger partial charge >= 0.3 is 0 Å². The summed E-state index contributed by atoms with van der Waals surface area (Å²) in [4.78, 5) is 30.4. The Morgan fingerprint density at radius 1 is 1.18 bits per heavy atom. The highest BCUT2D eigenvalue weighted by molar-refractivity contribution is 6.34. The maximum atomic E-state index is 14.9. The molecule has 0 unspecified atom stereocenters. The predicted molar refractivity (Wildman–Crippen MR) is 127 cm³/mol. The van der Waals surface area contributed by atoms with E-state index in [1.54, 1.807) is 6.20 Å². The minimum atomic E-state index is -1.37. The van der Waals surface area contributed by atoms with Gasteiger partial charge in [0.2, 0.25) is 5.91 Å². The van der Waals surface area contributed by atoms with Gasteiger partial charge in [0.1, 0.15) is 17.7 Å². The van der Waals surface area contributed by atoms with Crippen molar-refractivity contribution in [3.63, 3.8) is 0 Å². The van der Waals surface area contributed by atoms with Crippen LogP contribution in [0.25, 0.3) is 0 Å². The van der Waals surface area contributed by atoms with Crippen LogP contribution in [-0.4, -0.2) is 50.7 Å². The van der Waals surface area contributed by atoms with Crippen molar-refractivity contribution >= 4 is 29.2 Å². The van der Waals surface area contributed by atoms with E-state index in [1.807, 2.05) is 43.3 Å². The first kappa shape index (κ1) is 23.5. The number of hydrogen-bond donors (Lipinski definition) is 1. The SMILES string of the molecule is CC(=O)N1CC[C@H](n2ncc(Cl)c2C(=O)Nc2ncc(C#Cc3ccccc3)cc2C)[C@H](F)C1. The number of nitrogens with zero attached hydrogens (tertiary/aromatic N) is 4. The maximum absolute atomic E-state index is 14.9. The second-order valence-corrected chi connectivity index (χ2v) is 8.49. The van der Waals surface area contributed by atoms with Crippen LogP contribution >= 0.6 is 11.6 Å². The van der Waals surface area contributed by atoms with Gasteiger partial charge in [-0.1, -0.05) is 41.6 Å². The summed E-state index contributed by atoms with van der Waals surface area (Å²) >= 11 is 6.25. The number of aryl methyl sites for hydroxylation is 1. The van der Waals surface area contributed by atoms with Crippen molar-refractivity contribution in [3.05, 3.63) is 76.2 Å². The number of carbonyl (C=O) groups is 2. The van der Waals surface area contributed by atoms with Crippen LogP contribution in [0, 0.1) is 18.8 Å². The van der Waals surface area contributed by atoms with E-state index in [-0.39, 0.29) is 23.2 Å². The molecule has 3 heterocycles. The van der Waals surface area contributed by atoms with E-state index in [1.165, 1.54) is 22.7 Å². The number of pyridine rings is 1. The molecule has 0 radical (unpaired) electrons. The zero-order valence-corrected chi connectivity index (χ0v) is 19.5. The molecule has 0 saturated carbocycles. The van der Waals surface area contributed by atoms with E-state index in [0.717, 1.165) is 5.56 Å². The summed E-state index contributed by atoms with van der Waals surface area (Å²) in [7, 11) is 0. The highest BCUT2D eigenvalue weighted by Crippen LogP contribution is 2.29. The molecule has 9 heteroatoms. The lowest BCUT2D eigenvalue weighted by Crippen LogP contribution is -2.45. The van der Waals surface area contributed by atoms with Gasteiger partial charge in [0, 0.05) is 30.8 Å². The molecule has 1 aromatic carbocycles. The Balaban J connectivity index is 1.51. The molecule has 1 fully saturated rings. The quantitative estimate of drug-likeness (QED) is 0.575. The van der Waals surface area contributed by atoms with Crippen LogP contribution in [0.15, 0.2) is 48.8 Å². The second kappa shape index (κ2) is 10.1. The van der Waals surface area contributed by atoms with Gasteiger partial charge in [-0.05, 0) is 37.1 Å². The molecule has 7 nitrogen and oxygen atoms in total. The number of carbonyl (C=O) groups excluding carboxylic acids is 2. The monoisotopic (exact) mass is 479 g/mol. The largest absolute Gasteiger partial charge is 0.340 e. The number of aromatic nitrogens is 3. The number of piperidine rings is 1. The number of alkyl halides is 1. The number of amides is 2. The number of rotatable bonds is 3. The minimum Gasteiger partial charge on any atom is -0.340 e. The van der Waals surface area contributed by atoms with Gasteiger partial charge in [0.25, 0.3) is 5.91 Å². The standard InChI is InChI=1S/C25H23ClFN5O2/c1-16-12-19(9-8-18-6-4-3-5-7-18)13-28-24(16)30-25(34)23-20(26)14-29-32(23)22-10-11-31(17(2)33)15-21(22)27/h3-7,12-14,21-22H,10-11,15H2,1-2H3,(H,28,30,34)/t21-,22+/m1/s1. The molecule has 3 aromatic rings. The first-order valence-corrected chi connectivity index (χ1v) is 11.2. The van der Waals surface area contributed by atoms with Crippen molar-refractivity contribution in [3.8, 4) is 11.8 Å². The van der Waals surface area contributed by atoms with E-state index in [4.69, 9.17) is 11.6 Å². The van der Waals surface area contributed by atoms with E-state index < -0.39 is 18.1 Å². The lowest BCUT2D eigenvalue weighted by atomic mass is 10.0. The van der Waals surface area contributed by atoms with Crippen molar-refractivity contribution in [1.29, 1.82) is 0 Å². The van der Waals surface area contributed by atoms with Crippen molar-refractivity contribution in [2.24, 2.45) is 0 Å². The smallest absolute Gasteiger partial charge is 0.276 e. The summed E-state index contributed by atoms with van der Waals surface area (Å²) in [6, 6.07) is 10.7. The van der Waals surface area contributed by atoms with E-state index >= 15 is 0 Å². The lowest BCUT2D eigenvalue weighted by molar-refractivity contribution is -0.131. The predicted octanol–water partition coefficient (Wildman–Crippen LogP) is 4.02. The van der Waals surface area contributed by atoms with Crippen LogP contribution in [0.2, 0.25) is 5.02 Å². The van der Waals surface area contributed by atoms with Gasteiger partial charge in [0.15, 0.2) is 0 Å². The van der Waals surface area contributed by atoms with Crippen LogP contribution < -0.4 is 5.32 Å². The van der Waals surface area contributed by atoms with Crippen LogP contribution in [0.5, 0.6) is 0 Å². The number of anilines is 1. The maximum Gasteiger partial charge on any atom is 0.276 e. The molecule has 0 aliphatic carbocycles. The highest BCUT2D eigenvalue weighted by Gasteiger charge is 2.35. The molecule has 34 heavy (non-hydrogen) atoms. The van der Waals surface area contributed by atoms with E-state index in [0.29, 0.717) is 29.9 Å². The van der Waals surface area contributed by atoms with Crippen LogP contribution in [0.4, 0.5) is 10.2 Å². The summed E-state index contributed by atoms with van der Waals surface area (Å²) in [5.41, 5.74) is 2.37. The van der Waals surface area contributed by atoms with Gasteiger partial charge < -0.3 is 10.2 Å². The van der Waals surface area contributed by atoms with Gasteiger partial charge in [0.05, 0.1) is 23.8 Å². The zero-order valence-electron chi connectivity index (χ0n) is 18.8. The number of nitrogens with one attached hydrogen (secondary N) is 1. The molecule has 1 N–H and O–H groups in total. The zero-order chi connectivity index (χ0) is 24.2. The molecule has 0 spiro atoms. The molecular weight excluding hydrogens is 457 g/mol. The number of halogens is 2. The average molecular weight is 480 g/mol. The first-order valence-electron chi connectivity index (χ1n) is 10.8. The Hall–Kier alpha value is -3.70. The topological polar surface area (TPSA) is 80.1 Å². The molecule has 0 bridgehead atoms.